The fraction of sp³-hybridized carbons (Fsp3) is 0.467. The molecule has 0 saturated carbocycles. The van der Waals surface area contributed by atoms with Crippen molar-refractivity contribution < 1.29 is 18.3 Å². The lowest BCUT2D eigenvalue weighted by Crippen LogP contribution is -2.47. The standard InChI is InChI=1S/C15H17F3N4O.ClH/c16-15(17,18)14-19-12-4-2-1-3-11(12)13(20-14)22-7-5-21(6-8-22)9-10-23;/h1-4,23H,5-10H2;1H. The van der Waals surface area contributed by atoms with Crippen LogP contribution in [0.25, 0.3) is 10.9 Å². The van der Waals surface area contributed by atoms with E-state index in [1.165, 1.54) is 0 Å². The SMILES string of the molecule is Cl.OCCN1CCN(c2nc(C(F)(F)F)nc3ccccc23)CC1. The zero-order chi connectivity index (χ0) is 16.4. The molecule has 1 aliphatic rings. The van der Waals surface area contributed by atoms with Crippen LogP contribution >= 0.6 is 12.4 Å². The Morgan fingerprint density at radius 1 is 1.04 bits per heavy atom. The number of aliphatic hydroxyl groups is 1. The second kappa shape index (κ2) is 7.50. The van der Waals surface area contributed by atoms with Crippen molar-refractivity contribution in [1.29, 1.82) is 0 Å². The lowest BCUT2D eigenvalue weighted by Gasteiger charge is -2.35. The molecule has 0 radical (unpaired) electrons. The Labute approximate surface area is 143 Å². The van der Waals surface area contributed by atoms with Crippen LogP contribution < -0.4 is 4.90 Å². The van der Waals surface area contributed by atoms with Gasteiger partial charge < -0.3 is 10.0 Å². The molecule has 5 nitrogen and oxygen atoms in total. The second-order valence-electron chi connectivity index (χ2n) is 5.44. The largest absolute Gasteiger partial charge is 0.451 e. The molecule has 9 heteroatoms. The van der Waals surface area contributed by atoms with E-state index >= 15 is 0 Å². The minimum atomic E-state index is -4.57. The van der Waals surface area contributed by atoms with Crippen molar-refractivity contribution in [3.05, 3.63) is 30.1 Å². The normalized spacial score (nSPS) is 16.2. The monoisotopic (exact) mass is 362 g/mol. The number of anilines is 1. The van der Waals surface area contributed by atoms with E-state index in [2.05, 4.69) is 14.9 Å². The maximum Gasteiger partial charge on any atom is 0.451 e. The van der Waals surface area contributed by atoms with Crippen molar-refractivity contribution in [2.24, 2.45) is 0 Å². The fourth-order valence-electron chi connectivity index (χ4n) is 2.75. The quantitative estimate of drug-likeness (QED) is 0.907. The summed E-state index contributed by atoms with van der Waals surface area (Å²) in [4.78, 5) is 11.4. The smallest absolute Gasteiger partial charge is 0.395 e. The van der Waals surface area contributed by atoms with Gasteiger partial charge in [-0.3, -0.25) is 4.90 Å². The van der Waals surface area contributed by atoms with E-state index in [1.807, 2.05) is 4.90 Å². The number of hydrogen-bond donors (Lipinski definition) is 1. The Kier molecular flexibility index (Phi) is 5.84. The molecule has 132 valence electrons. The molecule has 1 fully saturated rings. The lowest BCUT2D eigenvalue weighted by atomic mass is 10.2. The number of hydrogen-bond acceptors (Lipinski definition) is 5. The first-order valence-corrected chi connectivity index (χ1v) is 7.41. The summed E-state index contributed by atoms with van der Waals surface area (Å²) in [6.45, 7) is 3.15. The highest BCUT2D eigenvalue weighted by atomic mass is 35.5. The summed E-state index contributed by atoms with van der Waals surface area (Å²) in [7, 11) is 0. The van der Waals surface area contributed by atoms with Crippen LogP contribution in [0.15, 0.2) is 24.3 Å². The van der Waals surface area contributed by atoms with E-state index in [-0.39, 0.29) is 19.0 Å². The molecule has 0 atom stereocenters. The van der Waals surface area contributed by atoms with Gasteiger partial charge in [-0.05, 0) is 12.1 Å². The minimum absolute atomic E-state index is 0. The molecule has 3 rings (SSSR count). The Morgan fingerprint density at radius 3 is 2.33 bits per heavy atom. The van der Waals surface area contributed by atoms with Crippen molar-refractivity contribution in [1.82, 2.24) is 14.9 Å². The second-order valence-corrected chi connectivity index (χ2v) is 5.44. The van der Waals surface area contributed by atoms with Gasteiger partial charge in [-0.1, -0.05) is 12.1 Å². The highest BCUT2D eigenvalue weighted by molar-refractivity contribution is 5.89. The van der Waals surface area contributed by atoms with Crippen molar-refractivity contribution >= 4 is 29.1 Å². The van der Waals surface area contributed by atoms with Crippen molar-refractivity contribution in [2.75, 3.05) is 44.2 Å². The number of fused-ring (bicyclic) bond motifs is 1. The Bertz CT molecular complexity index is 690. The van der Waals surface area contributed by atoms with E-state index in [1.54, 1.807) is 24.3 Å². The summed E-state index contributed by atoms with van der Waals surface area (Å²) in [5.74, 6) is -0.782. The fourth-order valence-corrected chi connectivity index (χ4v) is 2.75. The summed E-state index contributed by atoms with van der Waals surface area (Å²) >= 11 is 0. The van der Waals surface area contributed by atoms with Gasteiger partial charge in [0.15, 0.2) is 0 Å². The van der Waals surface area contributed by atoms with Crippen LogP contribution in [0.2, 0.25) is 0 Å². The molecule has 2 heterocycles. The Hall–Kier alpha value is -1.64. The average Bonchev–Trinajstić information content (AvgIpc) is 2.54. The molecular formula is C15H18ClF3N4O. The number of halogens is 4. The van der Waals surface area contributed by atoms with Gasteiger partial charge in [0.1, 0.15) is 5.82 Å². The van der Waals surface area contributed by atoms with Crippen molar-refractivity contribution in [3.8, 4) is 0 Å². The van der Waals surface area contributed by atoms with Crippen LogP contribution in [-0.4, -0.2) is 59.3 Å². The molecule has 1 aliphatic heterocycles. The molecule has 1 aromatic heterocycles. The summed E-state index contributed by atoms with van der Waals surface area (Å²) in [6.07, 6.45) is -4.57. The summed E-state index contributed by atoms with van der Waals surface area (Å²) in [6, 6.07) is 6.74. The Morgan fingerprint density at radius 2 is 1.71 bits per heavy atom. The van der Waals surface area contributed by atoms with Gasteiger partial charge in [0, 0.05) is 38.1 Å². The molecule has 24 heavy (non-hydrogen) atoms. The van der Waals surface area contributed by atoms with Gasteiger partial charge in [0.2, 0.25) is 5.82 Å². The van der Waals surface area contributed by atoms with Gasteiger partial charge in [-0.25, -0.2) is 9.97 Å². The third-order valence-corrected chi connectivity index (χ3v) is 3.92. The van der Waals surface area contributed by atoms with E-state index < -0.39 is 12.0 Å². The first kappa shape index (κ1) is 18.7. The van der Waals surface area contributed by atoms with Gasteiger partial charge in [-0.15, -0.1) is 12.4 Å². The number of nitrogens with zero attached hydrogens (tertiary/aromatic N) is 4. The highest BCUT2D eigenvalue weighted by Crippen LogP contribution is 2.32. The van der Waals surface area contributed by atoms with Gasteiger partial charge in [-0.2, -0.15) is 13.2 Å². The highest BCUT2D eigenvalue weighted by Gasteiger charge is 2.36. The first-order valence-electron chi connectivity index (χ1n) is 7.41. The summed E-state index contributed by atoms with van der Waals surface area (Å²) < 4.78 is 39.1. The van der Waals surface area contributed by atoms with Crippen molar-refractivity contribution in [2.45, 2.75) is 6.18 Å². The molecular weight excluding hydrogens is 345 g/mol. The predicted molar refractivity (Wildman–Crippen MR) is 87.5 cm³/mol. The number of aliphatic hydroxyl groups excluding tert-OH is 1. The number of rotatable bonds is 3. The van der Waals surface area contributed by atoms with Crippen LogP contribution in [0.1, 0.15) is 5.82 Å². The Balaban J connectivity index is 0.00000208. The average molecular weight is 363 g/mol. The number of aromatic nitrogens is 2. The summed E-state index contributed by atoms with van der Waals surface area (Å²) in [5.41, 5.74) is 0.294. The molecule has 0 aliphatic carbocycles. The number of alkyl halides is 3. The van der Waals surface area contributed by atoms with Gasteiger partial charge in [0.25, 0.3) is 0 Å². The number of para-hydroxylation sites is 1. The van der Waals surface area contributed by atoms with Crippen LogP contribution in [0, 0.1) is 0 Å². The van der Waals surface area contributed by atoms with E-state index in [0.29, 0.717) is 49.4 Å². The number of β-amino-alcohol motifs (C(OH)–C–C–N with tert-alkyl or cyclic N) is 1. The zero-order valence-corrected chi connectivity index (χ0v) is 13.6. The molecule has 1 N–H and O–H groups in total. The van der Waals surface area contributed by atoms with Gasteiger partial charge >= 0.3 is 6.18 Å². The predicted octanol–water partition coefficient (Wildman–Crippen LogP) is 2.18. The lowest BCUT2D eigenvalue weighted by molar-refractivity contribution is -0.144. The number of piperazine rings is 1. The van der Waals surface area contributed by atoms with Crippen LogP contribution in [0.4, 0.5) is 19.0 Å². The van der Waals surface area contributed by atoms with Crippen LogP contribution in [-0.2, 0) is 6.18 Å². The molecule has 0 spiro atoms. The summed E-state index contributed by atoms with van der Waals surface area (Å²) in [5, 5.41) is 9.59. The van der Waals surface area contributed by atoms with E-state index in [0.717, 1.165) is 0 Å². The topological polar surface area (TPSA) is 52.5 Å². The molecule has 0 unspecified atom stereocenters. The minimum Gasteiger partial charge on any atom is -0.395 e. The van der Waals surface area contributed by atoms with Gasteiger partial charge in [0.05, 0.1) is 12.1 Å². The first-order chi connectivity index (χ1) is 11.0. The zero-order valence-electron chi connectivity index (χ0n) is 12.8. The third kappa shape index (κ3) is 3.88. The third-order valence-electron chi connectivity index (χ3n) is 3.92. The molecule has 1 saturated heterocycles. The van der Waals surface area contributed by atoms with Crippen LogP contribution in [0.3, 0.4) is 0 Å². The van der Waals surface area contributed by atoms with Crippen molar-refractivity contribution in [3.63, 3.8) is 0 Å². The maximum absolute atomic E-state index is 13.0. The molecule has 0 bridgehead atoms. The molecule has 2 aromatic rings. The van der Waals surface area contributed by atoms with Crippen LogP contribution in [0.5, 0.6) is 0 Å². The molecule has 0 amide bonds. The maximum atomic E-state index is 13.0. The van der Waals surface area contributed by atoms with E-state index in [4.69, 9.17) is 5.11 Å². The molecule has 1 aromatic carbocycles. The van der Waals surface area contributed by atoms with E-state index in [9.17, 15) is 13.2 Å². The number of benzene rings is 1.